The van der Waals surface area contributed by atoms with E-state index >= 15 is 0 Å². The number of nitrogens with one attached hydrogen (secondary N) is 3. The maximum absolute atomic E-state index is 11.7. The van der Waals surface area contributed by atoms with E-state index in [0.717, 1.165) is 5.56 Å². The van der Waals surface area contributed by atoms with Crippen LogP contribution in [-0.4, -0.2) is 55.9 Å². The van der Waals surface area contributed by atoms with Gasteiger partial charge < -0.3 is 26.2 Å². The minimum Gasteiger partial charge on any atom is -0.390 e. The van der Waals surface area contributed by atoms with Crippen LogP contribution in [0, 0.1) is 0 Å². The fraction of sp³-hybridized carbons (Fsp3) is 0.500. The molecule has 0 bridgehead atoms. The van der Waals surface area contributed by atoms with Crippen LogP contribution in [0.15, 0.2) is 11.0 Å². The van der Waals surface area contributed by atoms with Gasteiger partial charge in [-0.25, -0.2) is 4.98 Å². The topological polar surface area (TPSA) is 140 Å². The first kappa shape index (κ1) is 15.8. The first-order chi connectivity index (χ1) is 10.0. The molecule has 21 heavy (non-hydrogen) atoms. The number of thioether (sulfide) groups is 1. The Kier molecular flexibility index (Phi) is 5.23. The Bertz CT molecular complexity index is 656. The highest BCUT2D eigenvalue weighted by atomic mass is 32.2. The highest BCUT2D eigenvalue weighted by Gasteiger charge is 2.15. The van der Waals surface area contributed by atoms with Crippen LogP contribution < -0.4 is 16.6 Å². The number of hydrogen-bond acceptors (Lipinski definition) is 7. The number of fused-ring (bicyclic) bond motifs is 1. The van der Waals surface area contributed by atoms with Crippen LogP contribution in [0.2, 0.25) is 0 Å². The number of anilines is 1. The van der Waals surface area contributed by atoms with Crippen molar-refractivity contribution in [2.75, 3.05) is 24.3 Å². The second-order valence-electron chi connectivity index (χ2n) is 4.71. The highest BCUT2D eigenvalue weighted by Crippen LogP contribution is 2.12. The van der Waals surface area contributed by atoms with E-state index in [2.05, 4.69) is 20.3 Å². The third kappa shape index (κ3) is 3.76. The summed E-state index contributed by atoms with van der Waals surface area (Å²) in [6.45, 7) is 0.645. The van der Waals surface area contributed by atoms with Crippen molar-refractivity contribution in [3.05, 3.63) is 22.1 Å². The van der Waals surface area contributed by atoms with Crippen LogP contribution >= 0.6 is 11.8 Å². The van der Waals surface area contributed by atoms with Gasteiger partial charge in [0.25, 0.3) is 5.56 Å². The molecule has 2 aromatic rings. The van der Waals surface area contributed by atoms with Crippen LogP contribution in [0.5, 0.6) is 0 Å². The lowest BCUT2D eigenvalue weighted by Gasteiger charge is -2.17. The van der Waals surface area contributed by atoms with E-state index < -0.39 is 12.2 Å². The zero-order chi connectivity index (χ0) is 15.4. The lowest BCUT2D eigenvalue weighted by atomic mass is 10.2. The summed E-state index contributed by atoms with van der Waals surface area (Å²) < 4.78 is 0. The number of nitrogen functional groups attached to an aromatic ring is 1. The normalized spacial score (nSPS) is 14.4. The second kappa shape index (κ2) is 6.94. The first-order valence-corrected chi connectivity index (χ1v) is 7.84. The molecule has 7 N–H and O–H groups in total. The van der Waals surface area contributed by atoms with Gasteiger partial charge in [0.15, 0.2) is 0 Å². The van der Waals surface area contributed by atoms with E-state index in [4.69, 9.17) is 5.73 Å². The van der Waals surface area contributed by atoms with Crippen LogP contribution in [0.1, 0.15) is 5.56 Å². The summed E-state index contributed by atoms with van der Waals surface area (Å²) >= 11 is 1.47. The molecule has 0 spiro atoms. The second-order valence-corrected chi connectivity index (χ2v) is 5.62. The fourth-order valence-corrected chi connectivity index (χ4v) is 2.56. The van der Waals surface area contributed by atoms with Crippen LogP contribution in [-0.2, 0) is 6.54 Å². The molecular weight excluding hydrogens is 294 g/mol. The number of nitrogens with zero attached hydrogens (tertiary/aromatic N) is 1. The summed E-state index contributed by atoms with van der Waals surface area (Å²) in [4.78, 5) is 21.0. The van der Waals surface area contributed by atoms with Gasteiger partial charge in [0.1, 0.15) is 11.0 Å². The Hall–Kier alpha value is -1.55. The molecule has 0 fully saturated rings. The van der Waals surface area contributed by atoms with Crippen molar-refractivity contribution in [3.8, 4) is 0 Å². The number of hydrogen-bond donors (Lipinski definition) is 6. The Labute approximate surface area is 125 Å². The van der Waals surface area contributed by atoms with E-state index in [1.54, 1.807) is 6.20 Å². The predicted molar refractivity (Wildman–Crippen MR) is 83.2 cm³/mol. The molecule has 9 heteroatoms. The van der Waals surface area contributed by atoms with Crippen molar-refractivity contribution >= 4 is 28.7 Å². The maximum atomic E-state index is 11.7. The van der Waals surface area contributed by atoms with E-state index in [0.29, 0.717) is 23.3 Å². The van der Waals surface area contributed by atoms with E-state index in [-0.39, 0.29) is 18.1 Å². The average Bonchev–Trinajstić information content (AvgIpc) is 2.82. The molecule has 2 atom stereocenters. The van der Waals surface area contributed by atoms with Gasteiger partial charge in [-0.05, 0) is 6.26 Å². The molecule has 2 aromatic heterocycles. The Morgan fingerprint density at radius 1 is 1.48 bits per heavy atom. The Balaban J connectivity index is 2.00. The van der Waals surface area contributed by atoms with Gasteiger partial charge >= 0.3 is 0 Å². The number of aliphatic hydroxyl groups is 2. The summed E-state index contributed by atoms with van der Waals surface area (Å²) in [5.74, 6) is 0.535. The molecule has 0 aliphatic rings. The molecule has 0 amide bonds. The monoisotopic (exact) mass is 313 g/mol. The van der Waals surface area contributed by atoms with Gasteiger partial charge in [0, 0.05) is 30.6 Å². The number of aliphatic hydroxyl groups excluding tert-OH is 2. The van der Waals surface area contributed by atoms with Gasteiger partial charge in [0.05, 0.1) is 12.2 Å². The van der Waals surface area contributed by atoms with E-state index in [1.165, 1.54) is 11.8 Å². The fourth-order valence-electron chi connectivity index (χ4n) is 1.99. The zero-order valence-electron chi connectivity index (χ0n) is 11.6. The molecule has 0 aliphatic carbocycles. The molecule has 0 saturated heterocycles. The minimum absolute atomic E-state index is 0.0591. The molecule has 0 radical (unpaired) electrons. The number of rotatable bonds is 7. The maximum Gasteiger partial charge on any atom is 0.276 e. The lowest BCUT2D eigenvalue weighted by molar-refractivity contribution is 0.0347. The van der Waals surface area contributed by atoms with Crippen molar-refractivity contribution in [2.24, 2.45) is 0 Å². The van der Waals surface area contributed by atoms with Crippen LogP contribution in [0.3, 0.4) is 0 Å². The summed E-state index contributed by atoms with van der Waals surface area (Å²) in [5.41, 5.74) is 6.85. The molecule has 0 unspecified atom stereocenters. The first-order valence-electron chi connectivity index (χ1n) is 6.44. The number of H-pyrrole nitrogens is 2. The van der Waals surface area contributed by atoms with Crippen LogP contribution in [0.4, 0.5) is 5.95 Å². The summed E-state index contributed by atoms with van der Waals surface area (Å²) in [6.07, 6.45) is 1.92. The standard InChI is InChI=1S/C12H19N5O3S/c1-21-5-8(19)7(18)4-14-2-6-3-15-10-9(6)16-12(13)17-11(10)20/h3,7-8,14-15,18-19H,2,4-5H2,1H3,(H3,13,16,17,20)/t7-,8+/m1/s1. The average molecular weight is 313 g/mol. The number of aromatic nitrogens is 3. The molecule has 2 rings (SSSR count). The van der Waals surface area contributed by atoms with Gasteiger partial charge in [-0.15, -0.1) is 0 Å². The van der Waals surface area contributed by atoms with Crippen LogP contribution in [0.25, 0.3) is 11.0 Å². The molecule has 0 aromatic carbocycles. The number of aromatic amines is 2. The van der Waals surface area contributed by atoms with Crippen molar-refractivity contribution in [1.82, 2.24) is 20.3 Å². The summed E-state index contributed by atoms with van der Waals surface area (Å²) in [7, 11) is 0. The van der Waals surface area contributed by atoms with E-state index in [1.807, 2.05) is 6.26 Å². The molecule has 8 nitrogen and oxygen atoms in total. The highest BCUT2D eigenvalue weighted by molar-refractivity contribution is 7.98. The summed E-state index contributed by atoms with van der Waals surface area (Å²) in [5, 5.41) is 22.4. The Morgan fingerprint density at radius 3 is 2.95 bits per heavy atom. The molecule has 0 aliphatic heterocycles. The Morgan fingerprint density at radius 2 is 2.24 bits per heavy atom. The third-order valence-electron chi connectivity index (χ3n) is 3.08. The molecular formula is C12H19N5O3S. The predicted octanol–water partition coefficient (Wildman–Crippen LogP) is -0.992. The smallest absolute Gasteiger partial charge is 0.276 e. The zero-order valence-corrected chi connectivity index (χ0v) is 12.4. The van der Waals surface area contributed by atoms with Gasteiger partial charge in [-0.1, -0.05) is 0 Å². The molecule has 2 heterocycles. The minimum atomic E-state index is -0.843. The van der Waals surface area contributed by atoms with E-state index in [9.17, 15) is 15.0 Å². The van der Waals surface area contributed by atoms with Gasteiger partial charge in [0.2, 0.25) is 5.95 Å². The molecule has 116 valence electrons. The van der Waals surface area contributed by atoms with Crippen molar-refractivity contribution in [3.63, 3.8) is 0 Å². The van der Waals surface area contributed by atoms with Crippen molar-refractivity contribution in [1.29, 1.82) is 0 Å². The van der Waals surface area contributed by atoms with Crippen molar-refractivity contribution < 1.29 is 10.2 Å². The van der Waals surface area contributed by atoms with Gasteiger partial charge in [-0.2, -0.15) is 11.8 Å². The largest absolute Gasteiger partial charge is 0.390 e. The SMILES string of the molecule is CSC[C@H](O)[C@H](O)CNCc1c[nH]c2c(=O)[nH]c(N)nc12. The van der Waals surface area contributed by atoms with Gasteiger partial charge in [-0.3, -0.25) is 9.78 Å². The quantitative estimate of drug-likeness (QED) is 0.385. The molecule has 0 saturated carbocycles. The number of nitrogens with two attached hydrogens (primary N) is 1. The summed E-state index contributed by atoms with van der Waals surface area (Å²) in [6, 6.07) is 0. The van der Waals surface area contributed by atoms with Crippen molar-refractivity contribution in [2.45, 2.75) is 18.8 Å². The third-order valence-corrected chi connectivity index (χ3v) is 3.76. The lowest BCUT2D eigenvalue weighted by Crippen LogP contribution is -2.37.